The van der Waals surface area contributed by atoms with Crippen molar-refractivity contribution in [3.63, 3.8) is 0 Å². The van der Waals surface area contributed by atoms with E-state index in [4.69, 9.17) is 21.1 Å². The number of sulfonamides is 1. The highest BCUT2D eigenvalue weighted by atomic mass is 35.5. The van der Waals surface area contributed by atoms with Crippen molar-refractivity contribution in [3.8, 4) is 11.5 Å². The van der Waals surface area contributed by atoms with Gasteiger partial charge in [0.25, 0.3) is 10.0 Å². The maximum Gasteiger partial charge on any atom is 0.264 e. The molecule has 0 spiro atoms. The van der Waals surface area contributed by atoms with Gasteiger partial charge in [0, 0.05) is 34.7 Å². The molecule has 7 nitrogen and oxygen atoms in total. The predicted molar refractivity (Wildman–Crippen MR) is 141 cm³/mol. The third-order valence-corrected chi connectivity index (χ3v) is 8.28. The van der Waals surface area contributed by atoms with E-state index >= 15 is 0 Å². The van der Waals surface area contributed by atoms with Gasteiger partial charge < -0.3 is 14.8 Å². The quantitative estimate of drug-likeness (QED) is 0.327. The van der Waals surface area contributed by atoms with E-state index in [1.807, 2.05) is 0 Å². The summed E-state index contributed by atoms with van der Waals surface area (Å²) in [7, 11) is -1.15. The number of hydrogen-bond donors (Lipinski definition) is 1. The lowest BCUT2D eigenvalue weighted by atomic mass is 10.2. The van der Waals surface area contributed by atoms with Crippen LogP contribution >= 0.6 is 23.4 Å². The van der Waals surface area contributed by atoms with Crippen LogP contribution in [0.25, 0.3) is 0 Å². The summed E-state index contributed by atoms with van der Waals surface area (Å²) in [5.41, 5.74) is 0.652. The number of thioether (sulfide) groups is 1. The van der Waals surface area contributed by atoms with Gasteiger partial charge in [-0.3, -0.25) is 9.10 Å². The van der Waals surface area contributed by atoms with Gasteiger partial charge in [-0.2, -0.15) is 11.8 Å². The smallest absolute Gasteiger partial charge is 0.264 e. The summed E-state index contributed by atoms with van der Waals surface area (Å²) in [6.45, 7) is -0.183. The molecule has 0 bridgehead atoms. The molecule has 0 aliphatic rings. The van der Waals surface area contributed by atoms with Crippen LogP contribution in [0.3, 0.4) is 0 Å². The maximum atomic E-state index is 13.9. The molecular formula is C25H26ClFN2O5S2. The van der Waals surface area contributed by atoms with Gasteiger partial charge in [-0.05, 0) is 36.4 Å². The van der Waals surface area contributed by atoms with Crippen molar-refractivity contribution in [2.75, 3.05) is 37.4 Å². The molecule has 36 heavy (non-hydrogen) atoms. The van der Waals surface area contributed by atoms with Crippen LogP contribution in [-0.2, 0) is 20.6 Å². The number of anilines is 1. The number of ether oxygens (including phenoxy) is 2. The SMILES string of the molecule is COc1ccc(N(CC(=O)NCCSCc2c(F)cccc2Cl)S(=O)(=O)c2ccccc2)cc1OC. The third-order valence-electron chi connectivity index (χ3n) is 5.15. The van der Waals surface area contributed by atoms with Crippen molar-refractivity contribution in [1.29, 1.82) is 0 Å². The number of nitrogens with one attached hydrogen (secondary N) is 1. The Kier molecular flexibility index (Phi) is 9.86. The van der Waals surface area contributed by atoms with E-state index in [1.54, 1.807) is 42.5 Å². The van der Waals surface area contributed by atoms with Crippen molar-refractivity contribution in [3.05, 3.63) is 83.1 Å². The topological polar surface area (TPSA) is 84.9 Å². The zero-order valence-corrected chi connectivity index (χ0v) is 22.1. The molecule has 1 N–H and O–H groups in total. The minimum atomic E-state index is -4.06. The Balaban J connectivity index is 1.71. The second kappa shape index (κ2) is 12.8. The fourth-order valence-electron chi connectivity index (χ4n) is 3.31. The van der Waals surface area contributed by atoms with Crippen molar-refractivity contribution >= 4 is 45.0 Å². The first-order chi connectivity index (χ1) is 17.3. The molecule has 0 saturated carbocycles. The molecule has 0 aliphatic carbocycles. The number of amides is 1. The Bertz CT molecular complexity index is 1270. The first kappa shape index (κ1) is 27.6. The number of carbonyl (C=O) groups is 1. The van der Waals surface area contributed by atoms with Crippen molar-refractivity contribution < 1.29 is 27.1 Å². The normalized spacial score (nSPS) is 11.1. The lowest BCUT2D eigenvalue weighted by Gasteiger charge is -2.25. The molecule has 0 aliphatic heterocycles. The largest absolute Gasteiger partial charge is 0.493 e. The zero-order valence-electron chi connectivity index (χ0n) is 19.7. The number of hydrogen-bond acceptors (Lipinski definition) is 6. The molecule has 3 aromatic carbocycles. The Hall–Kier alpha value is -2.95. The third kappa shape index (κ3) is 6.83. The molecule has 3 rings (SSSR count). The fourth-order valence-corrected chi connectivity index (χ4v) is 5.94. The number of rotatable bonds is 12. The molecule has 0 radical (unpaired) electrons. The van der Waals surface area contributed by atoms with Gasteiger partial charge in [-0.15, -0.1) is 0 Å². The molecular weight excluding hydrogens is 527 g/mol. The average molecular weight is 553 g/mol. The van der Waals surface area contributed by atoms with Crippen LogP contribution in [0.2, 0.25) is 5.02 Å². The molecule has 0 atom stereocenters. The summed E-state index contributed by atoms with van der Waals surface area (Å²) in [6, 6.07) is 17.0. The summed E-state index contributed by atoms with van der Waals surface area (Å²) in [4.78, 5) is 12.8. The van der Waals surface area contributed by atoms with Gasteiger partial charge in [0.1, 0.15) is 12.4 Å². The first-order valence-corrected chi connectivity index (χ1v) is 13.8. The number of benzene rings is 3. The number of carbonyl (C=O) groups excluding carboxylic acids is 1. The van der Waals surface area contributed by atoms with Crippen LogP contribution < -0.4 is 19.1 Å². The minimum absolute atomic E-state index is 0.0462. The molecule has 192 valence electrons. The monoisotopic (exact) mass is 552 g/mol. The summed E-state index contributed by atoms with van der Waals surface area (Å²) < 4.78 is 52.3. The molecule has 0 unspecified atom stereocenters. The highest BCUT2D eigenvalue weighted by Gasteiger charge is 2.28. The summed E-state index contributed by atoms with van der Waals surface area (Å²) >= 11 is 7.44. The Morgan fingerprint density at radius 1 is 1.03 bits per heavy atom. The van der Waals surface area contributed by atoms with E-state index in [0.717, 1.165) is 4.31 Å². The van der Waals surface area contributed by atoms with Crippen molar-refractivity contribution in [1.82, 2.24) is 5.32 Å². The summed E-state index contributed by atoms with van der Waals surface area (Å²) in [5.74, 6) is 0.714. The molecule has 0 fully saturated rings. The van der Waals surface area contributed by atoms with E-state index in [-0.39, 0.29) is 22.9 Å². The van der Waals surface area contributed by atoms with E-state index in [9.17, 15) is 17.6 Å². The summed E-state index contributed by atoms with van der Waals surface area (Å²) in [6.07, 6.45) is 0. The number of nitrogens with zero attached hydrogens (tertiary/aromatic N) is 1. The standard InChI is InChI=1S/C25H26ClFN2O5S2/c1-33-23-12-11-18(15-24(23)34-2)29(36(31,32)19-7-4-3-5-8-19)16-25(30)28-13-14-35-17-20-21(26)9-6-10-22(20)27/h3-12,15H,13-14,16-17H2,1-2H3,(H,28,30). The van der Waals surface area contributed by atoms with Crippen LogP contribution in [-0.4, -0.2) is 47.4 Å². The lowest BCUT2D eigenvalue weighted by molar-refractivity contribution is -0.119. The lowest BCUT2D eigenvalue weighted by Crippen LogP contribution is -2.41. The molecule has 11 heteroatoms. The molecule has 3 aromatic rings. The van der Waals surface area contributed by atoms with Gasteiger partial charge in [-0.1, -0.05) is 35.9 Å². The highest BCUT2D eigenvalue weighted by molar-refractivity contribution is 7.98. The number of halogens is 2. The van der Waals surface area contributed by atoms with Gasteiger partial charge in [-0.25, -0.2) is 12.8 Å². The zero-order chi connectivity index (χ0) is 26.1. The van der Waals surface area contributed by atoms with Crippen LogP contribution in [0.4, 0.5) is 10.1 Å². The molecule has 1 amide bonds. The number of methoxy groups -OCH3 is 2. The van der Waals surface area contributed by atoms with Crippen LogP contribution in [0.1, 0.15) is 5.56 Å². The van der Waals surface area contributed by atoms with E-state index in [1.165, 1.54) is 50.2 Å². The second-order valence-corrected chi connectivity index (χ2v) is 10.8. The van der Waals surface area contributed by atoms with Crippen LogP contribution in [0.5, 0.6) is 11.5 Å². The van der Waals surface area contributed by atoms with E-state index in [0.29, 0.717) is 33.6 Å². The summed E-state index contributed by atoms with van der Waals surface area (Å²) in [5, 5.41) is 3.07. The van der Waals surface area contributed by atoms with Gasteiger partial charge in [0.15, 0.2) is 11.5 Å². The fraction of sp³-hybridized carbons (Fsp3) is 0.240. The molecule has 0 saturated heterocycles. The van der Waals surface area contributed by atoms with Gasteiger partial charge >= 0.3 is 0 Å². The average Bonchev–Trinajstić information content (AvgIpc) is 2.88. The Morgan fingerprint density at radius 3 is 2.42 bits per heavy atom. The Labute approximate surface area is 219 Å². The van der Waals surface area contributed by atoms with Gasteiger partial charge in [0.2, 0.25) is 5.91 Å². The molecule has 0 aromatic heterocycles. The first-order valence-electron chi connectivity index (χ1n) is 10.8. The van der Waals surface area contributed by atoms with E-state index in [2.05, 4.69) is 5.32 Å². The van der Waals surface area contributed by atoms with Crippen molar-refractivity contribution in [2.24, 2.45) is 0 Å². The highest BCUT2D eigenvalue weighted by Crippen LogP contribution is 2.33. The predicted octanol–water partition coefficient (Wildman–Crippen LogP) is 4.74. The minimum Gasteiger partial charge on any atom is -0.493 e. The van der Waals surface area contributed by atoms with E-state index < -0.39 is 22.5 Å². The van der Waals surface area contributed by atoms with Gasteiger partial charge in [0.05, 0.1) is 24.8 Å². The van der Waals surface area contributed by atoms with Crippen molar-refractivity contribution in [2.45, 2.75) is 10.6 Å². The second-order valence-electron chi connectivity index (χ2n) is 7.47. The maximum absolute atomic E-state index is 13.9. The molecule has 0 heterocycles. The Morgan fingerprint density at radius 2 is 1.75 bits per heavy atom. The van der Waals surface area contributed by atoms with Crippen LogP contribution in [0.15, 0.2) is 71.6 Å². The van der Waals surface area contributed by atoms with Crippen LogP contribution in [0, 0.1) is 5.82 Å².